The highest BCUT2D eigenvalue weighted by atomic mass is 15.0. The van der Waals surface area contributed by atoms with Crippen LogP contribution in [-0.4, -0.2) is 17.0 Å². The van der Waals surface area contributed by atoms with Crippen LogP contribution in [0.4, 0.5) is 0 Å². The van der Waals surface area contributed by atoms with Crippen LogP contribution in [0.3, 0.4) is 0 Å². The van der Waals surface area contributed by atoms with Crippen LogP contribution < -0.4 is 0 Å². The summed E-state index contributed by atoms with van der Waals surface area (Å²) in [7, 11) is 0. The van der Waals surface area contributed by atoms with Gasteiger partial charge >= 0.3 is 0 Å². The van der Waals surface area contributed by atoms with E-state index in [1.807, 2.05) is 18.4 Å². The van der Waals surface area contributed by atoms with Crippen molar-refractivity contribution in [3.8, 4) is 0 Å². The monoisotopic (exact) mass is 176 g/mol. The first-order valence-corrected chi connectivity index (χ1v) is 4.26. The Morgan fingerprint density at radius 3 is 2.54 bits per heavy atom. The predicted molar refractivity (Wildman–Crippen MR) is 54.0 cm³/mol. The molecule has 0 aliphatic heterocycles. The second-order valence-corrected chi connectivity index (χ2v) is 3.02. The van der Waals surface area contributed by atoms with Crippen molar-refractivity contribution in [1.29, 1.82) is 10.8 Å². The predicted octanol–water partition coefficient (Wildman–Crippen LogP) is 1.75. The van der Waals surface area contributed by atoms with Crippen LogP contribution in [0.1, 0.15) is 16.8 Å². The molecule has 0 aliphatic rings. The fourth-order valence-electron chi connectivity index (χ4n) is 1.46. The fourth-order valence-corrected chi connectivity index (χ4v) is 1.46. The Balaban J connectivity index is 3.05. The molecule has 0 bridgehead atoms. The Hall–Kier alpha value is -1.38. The molecule has 1 radical (unpaired) electrons. The van der Waals surface area contributed by atoms with E-state index in [4.69, 9.17) is 10.8 Å². The molecule has 3 heteroatoms. The molecule has 3 nitrogen and oxygen atoms in total. The summed E-state index contributed by atoms with van der Waals surface area (Å²) in [5.74, 6) is 0. The van der Waals surface area contributed by atoms with Gasteiger partial charge in [0.25, 0.3) is 0 Å². The Bertz CT molecular complexity index is 323. The Kier molecular flexibility index (Phi) is 3.01. The molecule has 0 aromatic carbocycles. The van der Waals surface area contributed by atoms with Gasteiger partial charge in [-0.05, 0) is 31.2 Å². The summed E-state index contributed by atoms with van der Waals surface area (Å²) in [6.07, 6.45) is 6.59. The Labute approximate surface area is 78.4 Å². The van der Waals surface area contributed by atoms with Crippen LogP contribution in [-0.2, 0) is 13.0 Å². The van der Waals surface area contributed by atoms with Crippen molar-refractivity contribution in [2.45, 2.75) is 26.8 Å². The van der Waals surface area contributed by atoms with Crippen molar-refractivity contribution in [2.24, 2.45) is 0 Å². The summed E-state index contributed by atoms with van der Waals surface area (Å²) < 4.78 is 1.92. The lowest BCUT2D eigenvalue weighted by molar-refractivity contribution is 0.820. The summed E-state index contributed by atoms with van der Waals surface area (Å²) in [5, 5.41) is 14.1. The highest BCUT2D eigenvalue weighted by Gasteiger charge is 2.07. The second kappa shape index (κ2) is 4.03. The van der Waals surface area contributed by atoms with Gasteiger partial charge in [0, 0.05) is 18.3 Å². The molecule has 1 rings (SSSR count). The normalized spacial score (nSPS) is 10.0. The van der Waals surface area contributed by atoms with E-state index in [9.17, 15) is 0 Å². The molecular weight excluding hydrogens is 162 g/mol. The van der Waals surface area contributed by atoms with Gasteiger partial charge in [-0.15, -0.1) is 0 Å². The van der Waals surface area contributed by atoms with Crippen molar-refractivity contribution >= 4 is 12.4 Å². The average Bonchev–Trinajstić information content (AvgIpc) is 2.34. The zero-order valence-corrected chi connectivity index (χ0v) is 8.02. The van der Waals surface area contributed by atoms with Crippen LogP contribution in [0.15, 0.2) is 0 Å². The van der Waals surface area contributed by atoms with Gasteiger partial charge in [0.1, 0.15) is 0 Å². The lowest BCUT2D eigenvalue weighted by atomic mass is 10.1. The molecule has 1 aromatic rings. The van der Waals surface area contributed by atoms with Gasteiger partial charge in [0.2, 0.25) is 0 Å². The molecule has 0 saturated carbocycles. The van der Waals surface area contributed by atoms with Crippen LogP contribution >= 0.6 is 0 Å². The molecule has 0 fully saturated rings. The first-order valence-electron chi connectivity index (χ1n) is 4.26. The zero-order valence-electron chi connectivity index (χ0n) is 8.02. The van der Waals surface area contributed by atoms with Crippen molar-refractivity contribution in [2.75, 3.05) is 0 Å². The molecule has 1 aromatic heterocycles. The number of rotatable bonds is 4. The quantitative estimate of drug-likeness (QED) is 0.657. The van der Waals surface area contributed by atoms with Crippen LogP contribution in [0.2, 0.25) is 0 Å². The van der Waals surface area contributed by atoms with E-state index in [0.717, 1.165) is 16.8 Å². The smallest absolute Gasteiger partial charge is 0.0689 e. The molecule has 0 saturated heterocycles. The van der Waals surface area contributed by atoms with Gasteiger partial charge in [0.05, 0.1) is 12.7 Å². The number of aryl methyl sites for hydroxylation is 1. The van der Waals surface area contributed by atoms with Crippen molar-refractivity contribution in [3.63, 3.8) is 0 Å². The first kappa shape index (κ1) is 9.71. The Morgan fingerprint density at radius 2 is 2.00 bits per heavy atom. The molecule has 0 unspecified atom stereocenters. The number of nitrogens with one attached hydrogen (secondary N) is 2. The molecule has 0 spiro atoms. The SMILES string of the molecule is Cc1[c]n(CC=N)c(C)c1CC=N. The zero-order chi connectivity index (χ0) is 9.84. The largest absolute Gasteiger partial charge is 0.338 e. The van der Waals surface area contributed by atoms with E-state index < -0.39 is 0 Å². The van der Waals surface area contributed by atoms with Gasteiger partial charge in [-0.3, -0.25) is 0 Å². The average molecular weight is 176 g/mol. The van der Waals surface area contributed by atoms with Gasteiger partial charge in [-0.1, -0.05) is 0 Å². The minimum Gasteiger partial charge on any atom is -0.338 e. The molecule has 69 valence electrons. The third kappa shape index (κ3) is 1.86. The van der Waals surface area contributed by atoms with Crippen molar-refractivity contribution in [1.82, 2.24) is 4.57 Å². The van der Waals surface area contributed by atoms with Gasteiger partial charge < -0.3 is 15.4 Å². The van der Waals surface area contributed by atoms with E-state index in [2.05, 4.69) is 6.20 Å². The summed E-state index contributed by atoms with van der Waals surface area (Å²) in [5.41, 5.74) is 3.36. The van der Waals surface area contributed by atoms with Gasteiger partial charge in [-0.25, -0.2) is 0 Å². The number of hydrogen-bond donors (Lipinski definition) is 2. The highest BCUT2D eigenvalue weighted by Crippen LogP contribution is 2.14. The maximum Gasteiger partial charge on any atom is 0.0689 e. The molecular formula is C10H14N3. The lowest BCUT2D eigenvalue weighted by Gasteiger charge is -2.01. The van der Waals surface area contributed by atoms with E-state index >= 15 is 0 Å². The van der Waals surface area contributed by atoms with Crippen molar-refractivity contribution in [3.05, 3.63) is 23.0 Å². The van der Waals surface area contributed by atoms with E-state index in [-0.39, 0.29) is 0 Å². The molecule has 13 heavy (non-hydrogen) atoms. The summed E-state index contributed by atoms with van der Waals surface area (Å²) in [4.78, 5) is 0. The van der Waals surface area contributed by atoms with E-state index in [1.54, 1.807) is 0 Å². The second-order valence-electron chi connectivity index (χ2n) is 3.02. The third-order valence-corrected chi connectivity index (χ3v) is 2.18. The summed E-state index contributed by atoms with van der Waals surface area (Å²) in [6.45, 7) is 4.57. The maximum atomic E-state index is 7.05. The number of aromatic nitrogens is 1. The molecule has 0 amide bonds. The minimum absolute atomic E-state index is 0.574. The van der Waals surface area contributed by atoms with Crippen LogP contribution in [0, 0.1) is 30.9 Å². The highest BCUT2D eigenvalue weighted by molar-refractivity contribution is 5.60. The standard InChI is InChI=1S/C10H14N3/c1-8-7-13(6-5-12)9(2)10(8)3-4-11/h4-5,11-12H,3,6H2,1-2H3. The minimum atomic E-state index is 0.574. The number of nitrogens with zero attached hydrogens (tertiary/aromatic N) is 1. The van der Waals surface area contributed by atoms with Crippen LogP contribution in [0.5, 0.6) is 0 Å². The fraction of sp³-hybridized carbons (Fsp3) is 0.400. The summed E-state index contributed by atoms with van der Waals surface area (Å²) in [6, 6.07) is 0. The van der Waals surface area contributed by atoms with E-state index in [1.165, 1.54) is 12.4 Å². The number of hydrogen-bond acceptors (Lipinski definition) is 2. The van der Waals surface area contributed by atoms with Gasteiger partial charge in [-0.2, -0.15) is 0 Å². The van der Waals surface area contributed by atoms with Crippen LogP contribution in [0.25, 0.3) is 0 Å². The maximum absolute atomic E-state index is 7.05. The summed E-state index contributed by atoms with van der Waals surface area (Å²) >= 11 is 0. The third-order valence-electron chi connectivity index (χ3n) is 2.18. The molecule has 0 atom stereocenters. The molecule has 2 N–H and O–H groups in total. The van der Waals surface area contributed by atoms with Crippen molar-refractivity contribution < 1.29 is 0 Å². The molecule has 1 heterocycles. The first-order chi connectivity index (χ1) is 6.20. The lowest BCUT2D eigenvalue weighted by Crippen LogP contribution is -2.00. The Morgan fingerprint density at radius 1 is 1.31 bits per heavy atom. The topological polar surface area (TPSA) is 52.6 Å². The van der Waals surface area contributed by atoms with E-state index in [0.29, 0.717) is 13.0 Å². The molecule has 0 aliphatic carbocycles. The van der Waals surface area contributed by atoms with Gasteiger partial charge in [0.15, 0.2) is 0 Å².